The highest BCUT2D eigenvalue weighted by molar-refractivity contribution is 6.12. The summed E-state index contributed by atoms with van der Waals surface area (Å²) < 4.78 is 27.9. The smallest absolute Gasteiger partial charge is 0.408 e. The van der Waals surface area contributed by atoms with Gasteiger partial charge in [-0.3, -0.25) is 14.9 Å². The second-order valence-corrected chi connectivity index (χ2v) is 11.0. The summed E-state index contributed by atoms with van der Waals surface area (Å²) >= 11 is 0. The van der Waals surface area contributed by atoms with Crippen LogP contribution in [0.15, 0.2) is 34.7 Å². The number of hydrogen-bond acceptors (Lipinski definition) is 10. The molecule has 0 aliphatic rings. The van der Waals surface area contributed by atoms with E-state index in [1.165, 1.54) is 6.07 Å². The van der Waals surface area contributed by atoms with E-state index in [1.807, 2.05) is 20.8 Å². The summed E-state index contributed by atoms with van der Waals surface area (Å²) in [4.78, 5) is 50.0. The van der Waals surface area contributed by atoms with E-state index in [0.29, 0.717) is 10.8 Å². The third-order valence-corrected chi connectivity index (χ3v) is 5.28. The van der Waals surface area contributed by atoms with Gasteiger partial charge in [-0.1, -0.05) is 31.2 Å². The summed E-state index contributed by atoms with van der Waals surface area (Å²) in [6.45, 7) is 12.0. The molecule has 11 nitrogen and oxygen atoms in total. The highest BCUT2D eigenvalue weighted by Gasteiger charge is 2.26. The zero-order valence-corrected chi connectivity index (χ0v) is 23.9. The summed E-state index contributed by atoms with van der Waals surface area (Å²) in [5, 5.41) is 6.36. The van der Waals surface area contributed by atoms with Crippen LogP contribution in [0.1, 0.15) is 65.4 Å². The number of nitrogens with one attached hydrogen (secondary N) is 2. The number of carbonyl (C=O) groups excluding carboxylic acids is 4. The molecule has 0 bridgehead atoms. The summed E-state index contributed by atoms with van der Waals surface area (Å²) in [6.07, 6.45) is -0.613. The molecule has 1 amide bonds. The lowest BCUT2D eigenvalue weighted by Crippen LogP contribution is -2.36. The molecule has 0 spiro atoms. The third kappa shape index (κ3) is 8.27. The van der Waals surface area contributed by atoms with Crippen molar-refractivity contribution >= 4 is 45.6 Å². The molecule has 0 saturated heterocycles. The van der Waals surface area contributed by atoms with Gasteiger partial charge in [0.15, 0.2) is 22.9 Å². The van der Waals surface area contributed by atoms with Crippen LogP contribution in [0.4, 0.5) is 4.79 Å². The number of amides is 1. The van der Waals surface area contributed by atoms with Gasteiger partial charge >= 0.3 is 18.0 Å². The highest BCUT2D eigenvalue weighted by Crippen LogP contribution is 2.44. The van der Waals surface area contributed by atoms with Crippen molar-refractivity contribution in [3.05, 3.63) is 36.1 Å². The van der Waals surface area contributed by atoms with Crippen molar-refractivity contribution in [3.8, 4) is 11.5 Å². The van der Waals surface area contributed by atoms with Gasteiger partial charge in [0.1, 0.15) is 17.9 Å². The number of alkyl carbamates (subject to hydrolysis) is 1. The standard InChI is InChI=1S/C29H36N2O9/c1-8-20(32)21-13-19-24(38-22(33)14-30-16-36-28(2,3)4)17-11-9-10-12-18(17)25(26(19)37-21)39-23(34)15-31-27(35)40-29(5,6)7/h9-13,30H,8,14-16H2,1-7H3,(H,31,35). The number of carbonyl (C=O) groups is 4. The molecule has 1 heterocycles. The van der Waals surface area contributed by atoms with Gasteiger partial charge in [-0.05, 0) is 47.6 Å². The number of ketones is 1. The van der Waals surface area contributed by atoms with E-state index >= 15 is 0 Å². The third-order valence-electron chi connectivity index (χ3n) is 5.28. The van der Waals surface area contributed by atoms with E-state index in [-0.39, 0.29) is 59.3 Å². The Morgan fingerprint density at radius 1 is 0.825 bits per heavy atom. The fraction of sp³-hybridized carbons (Fsp3) is 0.448. The number of hydrogen-bond donors (Lipinski definition) is 2. The van der Waals surface area contributed by atoms with Gasteiger partial charge in [0.25, 0.3) is 0 Å². The van der Waals surface area contributed by atoms with Crippen molar-refractivity contribution in [2.24, 2.45) is 0 Å². The van der Waals surface area contributed by atoms with Gasteiger partial charge in [-0.15, -0.1) is 0 Å². The molecule has 0 saturated carbocycles. The van der Waals surface area contributed by atoms with Crippen molar-refractivity contribution in [1.29, 1.82) is 0 Å². The number of benzene rings is 2. The largest absolute Gasteiger partial charge is 0.449 e. The fourth-order valence-electron chi connectivity index (χ4n) is 3.58. The minimum absolute atomic E-state index is 0.0194. The van der Waals surface area contributed by atoms with Gasteiger partial charge in [0.05, 0.1) is 24.3 Å². The van der Waals surface area contributed by atoms with Crippen LogP contribution in [0.3, 0.4) is 0 Å². The van der Waals surface area contributed by atoms with Gasteiger partial charge in [-0.25, -0.2) is 9.59 Å². The van der Waals surface area contributed by atoms with Crippen molar-refractivity contribution in [2.75, 3.05) is 19.8 Å². The normalized spacial score (nSPS) is 11.9. The van der Waals surface area contributed by atoms with Gasteiger partial charge in [0, 0.05) is 17.2 Å². The molecule has 0 fully saturated rings. The Hall–Kier alpha value is -3.96. The van der Waals surface area contributed by atoms with Crippen LogP contribution >= 0.6 is 0 Å². The van der Waals surface area contributed by atoms with E-state index < -0.39 is 30.2 Å². The zero-order valence-electron chi connectivity index (χ0n) is 23.9. The molecular formula is C29H36N2O9. The first-order chi connectivity index (χ1) is 18.7. The maximum atomic E-state index is 12.8. The topological polar surface area (TPSA) is 142 Å². The lowest BCUT2D eigenvalue weighted by molar-refractivity contribution is -0.134. The number of furan rings is 1. The number of rotatable bonds is 10. The van der Waals surface area contributed by atoms with Crippen LogP contribution in [-0.4, -0.2) is 54.8 Å². The molecule has 11 heteroatoms. The molecule has 0 atom stereocenters. The average molecular weight is 557 g/mol. The summed E-state index contributed by atoms with van der Waals surface area (Å²) in [7, 11) is 0. The predicted molar refractivity (Wildman–Crippen MR) is 148 cm³/mol. The van der Waals surface area contributed by atoms with Crippen LogP contribution < -0.4 is 20.1 Å². The molecule has 0 unspecified atom stereocenters. The van der Waals surface area contributed by atoms with E-state index in [4.69, 9.17) is 23.4 Å². The Balaban J connectivity index is 1.95. The molecule has 0 radical (unpaired) electrons. The van der Waals surface area contributed by atoms with Crippen LogP contribution in [0, 0.1) is 0 Å². The second kappa shape index (κ2) is 12.5. The predicted octanol–water partition coefficient (Wildman–Crippen LogP) is 4.88. The summed E-state index contributed by atoms with van der Waals surface area (Å²) in [5.74, 6) is -1.49. The Labute approximate surface area is 232 Å². The molecule has 216 valence electrons. The average Bonchev–Trinajstić information content (AvgIpc) is 3.31. The minimum Gasteiger partial charge on any atom is -0.449 e. The highest BCUT2D eigenvalue weighted by atomic mass is 16.6. The minimum atomic E-state index is -0.801. The first-order valence-corrected chi connectivity index (χ1v) is 12.9. The van der Waals surface area contributed by atoms with E-state index in [0.717, 1.165) is 0 Å². The van der Waals surface area contributed by atoms with Crippen LogP contribution in [0.25, 0.3) is 21.7 Å². The van der Waals surface area contributed by atoms with Crippen LogP contribution in [-0.2, 0) is 19.1 Å². The molecule has 40 heavy (non-hydrogen) atoms. The van der Waals surface area contributed by atoms with Gasteiger partial charge < -0.3 is 28.7 Å². The summed E-state index contributed by atoms with van der Waals surface area (Å²) in [6, 6.07) is 8.26. The molecule has 3 rings (SSSR count). The maximum Gasteiger partial charge on any atom is 0.408 e. The Bertz CT molecular complexity index is 1410. The van der Waals surface area contributed by atoms with Crippen LogP contribution in [0.5, 0.6) is 11.5 Å². The molecular weight excluding hydrogens is 520 g/mol. The number of ether oxygens (including phenoxy) is 4. The first kappa shape index (κ1) is 30.6. The maximum absolute atomic E-state index is 12.8. The summed E-state index contributed by atoms with van der Waals surface area (Å²) in [5.41, 5.74) is -1.07. The fourth-order valence-corrected chi connectivity index (χ4v) is 3.58. The second-order valence-electron chi connectivity index (χ2n) is 11.0. The van der Waals surface area contributed by atoms with Crippen molar-refractivity contribution in [3.63, 3.8) is 0 Å². The lowest BCUT2D eigenvalue weighted by atomic mass is 10.0. The SMILES string of the molecule is CCC(=O)c1cc2c(OC(=O)CNCOC(C)(C)C)c3ccccc3c(OC(=O)CNC(=O)OC(C)(C)C)c2o1. The number of esters is 2. The molecule has 3 aromatic rings. The van der Waals surface area contributed by atoms with E-state index in [9.17, 15) is 19.2 Å². The zero-order chi connectivity index (χ0) is 29.7. The Kier molecular flexibility index (Phi) is 9.54. The van der Waals surface area contributed by atoms with E-state index in [2.05, 4.69) is 10.6 Å². The van der Waals surface area contributed by atoms with Crippen molar-refractivity contribution < 1.29 is 42.5 Å². The van der Waals surface area contributed by atoms with E-state index in [1.54, 1.807) is 52.0 Å². The Morgan fingerprint density at radius 2 is 1.43 bits per heavy atom. The van der Waals surface area contributed by atoms with Gasteiger partial charge in [0.2, 0.25) is 0 Å². The van der Waals surface area contributed by atoms with Crippen molar-refractivity contribution in [1.82, 2.24) is 10.6 Å². The molecule has 1 aromatic heterocycles. The molecule has 2 N–H and O–H groups in total. The molecule has 2 aromatic carbocycles. The number of fused-ring (bicyclic) bond motifs is 2. The monoisotopic (exact) mass is 556 g/mol. The first-order valence-electron chi connectivity index (χ1n) is 12.9. The van der Waals surface area contributed by atoms with Crippen molar-refractivity contribution in [2.45, 2.75) is 66.1 Å². The molecule has 0 aliphatic heterocycles. The quantitative estimate of drug-likeness (QED) is 0.117. The Morgan fingerprint density at radius 3 is 2.02 bits per heavy atom. The number of Topliss-reactive ketones (excluding diaryl/α,β-unsaturated/α-hetero) is 1. The molecule has 0 aliphatic carbocycles. The van der Waals surface area contributed by atoms with Crippen LogP contribution in [0.2, 0.25) is 0 Å². The van der Waals surface area contributed by atoms with Gasteiger partial charge in [-0.2, -0.15) is 0 Å². The lowest BCUT2D eigenvalue weighted by Gasteiger charge is -2.19.